The SMILES string of the molecule is CN1C(=O)CN(C(=O)OCc2ccccc2)c2ccc(Br)cc21. The Kier molecular flexibility index (Phi) is 4.34. The summed E-state index contributed by atoms with van der Waals surface area (Å²) >= 11 is 3.38. The first kappa shape index (κ1) is 15.6. The molecule has 0 aliphatic carbocycles. The van der Waals surface area contributed by atoms with E-state index in [0.29, 0.717) is 11.4 Å². The summed E-state index contributed by atoms with van der Waals surface area (Å²) in [5.74, 6) is -0.160. The molecule has 0 radical (unpaired) electrons. The summed E-state index contributed by atoms with van der Waals surface area (Å²) in [6.07, 6.45) is -0.529. The Balaban J connectivity index is 1.81. The van der Waals surface area contributed by atoms with Crippen LogP contribution in [-0.4, -0.2) is 25.6 Å². The predicted octanol–water partition coefficient (Wildman–Crippen LogP) is 3.57. The average Bonchev–Trinajstić information content (AvgIpc) is 2.57. The monoisotopic (exact) mass is 374 g/mol. The van der Waals surface area contributed by atoms with Gasteiger partial charge in [-0.05, 0) is 23.8 Å². The van der Waals surface area contributed by atoms with E-state index in [2.05, 4.69) is 15.9 Å². The number of carbonyl (C=O) groups is 2. The minimum atomic E-state index is -0.529. The number of likely N-dealkylation sites (N-methyl/N-ethyl adjacent to an activating group) is 1. The fraction of sp³-hybridized carbons (Fsp3) is 0.176. The van der Waals surface area contributed by atoms with Crippen molar-refractivity contribution in [2.45, 2.75) is 6.61 Å². The van der Waals surface area contributed by atoms with Crippen LogP contribution in [-0.2, 0) is 16.1 Å². The normalized spacial score (nSPS) is 13.7. The fourth-order valence-corrected chi connectivity index (χ4v) is 2.76. The van der Waals surface area contributed by atoms with Gasteiger partial charge in [-0.15, -0.1) is 0 Å². The molecule has 1 heterocycles. The van der Waals surface area contributed by atoms with E-state index in [0.717, 1.165) is 10.0 Å². The van der Waals surface area contributed by atoms with Crippen molar-refractivity contribution in [1.29, 1.82) is 0 Å². The molecule has 2 aromatic carbocycles. The first-order chi connectivity index (χ1) is 11.1. The molecule has 2 amide bonds. The highest BCUT2D eigenvalue weighted by atomic mass is 79.9. The molecule has 1 aliphatic heterocycles. The lowest BCUT2D eigenvalue weighted by Crippen LogP contribution is -2.46. The van der Waals surface area contributed by atoms with Crippen molar-refractivity contribution in [3.05, 3.63) is 58.6 Å². The maximum absolute atomic E-state index is 12.4. The van der Waals surface area contributed by atoms with E-state index in [1.54, 1.807) is 18.0 Å². The summed E-state index contributed by atoms with van der Waals surface area (Å²) in [7, 11) is 1.69. The number of nitrogens with zero attached hydrogens (tertiary/aromatic N) is 2. The van der Waals surface area contributed by atoms with E-state index in [4.69, 9.17) is 4.74 Å². The van der Waals surface area contributed by atoms with Crippen LogP contribution in [0.3, 0.4) is 0 Å². The summed E-state index contributed by atoms with van der Waals surface area (Å²) < 4.78 is 6.19. The van der Waals surface area contributed by atoms with Crippen LogP contribution in [0.2, 0.25) is 0 Å². The smallest absolute Gasteiger partial charge is 0.415 e. The third-order valence-electron chi connectivity index (χ3n) is 3.68. The highest BCUT2D eigenvalue weighted by Gasteiger charge is 2.31. The molecule has 0 atom stereocenters. The van der Waals surface area contributed by atoms with Crippen LogP contribution < -0.4 is 9.80 Å². The molecule has 6 heteroatoms. The molecule has 23 heavy (non-hydrogen) atoms. The number of rotatable bonds is 2. The van der Waals surface area contributed by atoms with Gasteiger partial charge in [0.05, 0.1) is 11.4 Å². The molecule has 0 saturated heterocycles. The van der Waals surface area contributed by atoms with Crippen LogP contribution >= 0.6 is 15.9 Å². The summed E-state index contributed by atoms with van der Waals surface area (Å²) in [5, 5.41) is 0. The van der Waals surface area contributed by atoms with Gasteiger partial charge in [0.2, 0.25) is 5.91 Å². The van der Waals surface area contributed by atoms with Crippen LogP contribution in [0.25, 0.3) is 0 Å². The highest BCUT2D eigenvalue weighted by molar-refractivity contribution is 9.10. The predicted molar refractivity (Wildman–Crippen MR) is 91.5 cm³/mol. The van der Waals surface area contributed by atoms with Crippen LogP contribution in [0, 0.1) is 0 Å². The van der Waals surface area contributed by atoms with Gasteiger partial charge in [0.1, 0.15) is 13.2 Å². The van der Waals surface area contributed by atoms with E-state index >= 15 is 0 Å². The van der Waals surface area contributed by atoms with Crippen molar-refractivity contribution in [1.82, 2.24) is 0 Å². The molecular weight excluding hydrogens is 360 g/mol. The Morgan fingerprint density at radius 2 is 1.91 bits per heavy atom. The third-order valence-corrected chi connectivity index (χ3v) is 4.18. The quantitative estimate of drug-likeness (QED) is 0.807. The average molecular weight is 375 g/mol. The van der Waals surface area contributed by atoms with E-state index in [9.17, 15) is 9.59 Å². The largest absolute Gasteiger partial charge is 0.444 e. The van der Waals surface area contributed by atoms with Crippen molar-refractivity contribution in [3.63, 3.8) is 0 Å². The molecule has 5 nitrogen and oxygen atoms in total. The van der Waals surface area contributed by atoms with E-state index in [1.807, 2.05) is 42.5 Å². The van der Waals surface area contributed by atoms with Gasteiger partial charge in [-0.3, -0.25) is 9.69 Å². The van der Waals surface area contributed by atoms with Crippen LogP contribution in [0.4, 0.5) is 16.2 Å². The molecule has 0 spiro atoms. The summed E-state index contributed by atoms with van der Waals surface area (Å²) in [4.78, 5) is 27.4. The number of anilines is 2. The van der Waals surface area contributed by atoms with Gasteiger partial charge in [-0.1, -0.05) is 46.3 Å². The number of benzene rings is 2. The number of halogens is 1. The Hall–Kier alpha value is -2.34. The minimum absolute atomic E-state index is 0.0290. The number of hydrogen-bond acceptors (Lipinski definition) is 3. The number of carbonyl (C=O) groups excluding carboxylic acids is 2. The van der Waals surface area contributed by atoms with Gasteiger partial charge >= 0.3 is 6.09 Å². The van der Waals surface area contributed by atoms with Gasteiger partial charge in [0, 0.05) is 11.5 Å². The standard InChI is InChI=1S/C17H15BrN2O3/c1-19-15-9-13(18)7-8-14(15)20(10-16(19)21)17(22)23-11-12-5-3-2-4-6-12/h2-9H,10-11H2,1H3. The van der Waals surface area contributed by atoms with E-state index in [1.165, 1.54) is 4.90 Å². The number of ether oxygens (including phenoxy) is 1. The maximum Gasteiger partial charge on any atom is 0.415 e. The summed E-state index contributed by atoms with van der Waals surface area (Å²) in [6, 6.07) is 14.9. The minimum Gasteiger partial charge on any atom is -0.444 e. The number of fused-ring (bicyclic) bond motifs is 1. The Morgan fingerprint density at radius 3 is 2.65 bits per heavy atom. The van der Waals surface area contributed by atoms with Crippen molar-refractivity contribution in [3.8, 4) is 0 Å². The molecule has 0 N–H and O–H groups in total. The maximum atomic E-state index is 12.4. The van der Waals surface area contributed by atoms with Crippen molar-refractivity contribution in [2.24, 2.45) is 0 Å². The third kappa shape index (κ3) is 3.22. The fourth-order valence-electron chi connectivity index (χ4n) is 2.41. The highest BCUT2D eigenvalue weighted by Crippen LogP contribution is 2.35. The molecule has 118 valence electrons. The zero-order valence-corrected chi connectivity index (χ0v) is 14.1. The van der Waals surface area contributed by atoms with Crippen LogP contribution in [0.5, 0.6) is 0 Å². The van der Waals surface area contributed by atoms with Gasteiger partial charge in [0.25, 0.3) is 0 Å². The van der Waals surface area contributed by atoms with E-state index in [-0.39, 0.29) is 19.1 Å². The lowest BCUT2D eigenvalue weighted by atomic mass is 10.2. The van der Waals surface area contributed by atoms with Gasteiger partial charge in [-0.2, -0.15) is 0 Å². The van der Waals surface area contributed by atoms with Gasteiger partial charge in [0.15, 0.2) is 0 Å². The first-order valence-corrected chi connectivity index (χ1v) is 7.90. The first-order valence-electron chi connectivity index (χ1n) is 7.10. The lowest BCUT2D eigenvalue weighted by Gasteiger charge is -2.33. The molecule has 0 saturated carbocycles. The van der Waals surface area contributed by atoms with Crippen molar-refractivity contribution in [2.75, 3.05) is 23.4 Å². The second kappa shape index (κ2) is 6.42. The number of amides is 2. The van der Waals surface area contributed by atoms with Crippen molar-refractivity contribution < 1.29 is 14.3 Å². The topological polar surface area (TPSA) is 49.9 Å². The van der Waals surface area contributed by atoms with Gasteiger partial charge < -0.3 is 9.64 Å². The summed E-state index contributed by atoms with van der Waals surface area (Å²) in [5.41, 5.74) is 2.23. The second-order valence-electron chi connectivity index (χ2n) is 5.21. The molecule has 3 rings (SSSR count). The van der Waals surface area contributed by atoms with E-state index < -0.39 is 6.09 Å². The zero-order chi connectivity index (χ0) is 16.4. The Morgan fingerprint density at radius 1 is 1.17 bits per heavy atom. The molecular formula is C17H15BrN2O3. The molecule has 0 bridgehead atoms. The Bertz CT molecular complexity index is 749. The zero-order valence-electron chi connectivity index (χ0n) is 12.5. The van der Waals surface area contributed by atoms with Gasteiger partial charge in [-0.25, -0.2) is 4.79 Å². The van der Waals surface area contributed by atoms with Crippen LogP contribution in [0.15, 0.2) is 53.0 Å². The molecule has 1 aliphatic rings. The molecule has 2 aromatic rings. The lowest BCUT2D eigenvalue weighted by molar-refractivity contribution is -0.117. The Labute approximate surface area is 142 Å². The molecule has 0 fully saturated rings. The molecule has 0 aromatic heterocycles. The van der Waals surface area contributed by atoms with Crippen molar-refractivity contribution >= 4 is 39.3 Å². The number of hydrogen-bond donors (Lipinski definition) is 0. The molecule has 0 unspecified atom stereocenters. The summed E-state index contributed by atoms with van der Waals surface area (Å²) in [6.45, 7) is 0.144. The van der Waals surface area contributed by atoms with Crippen LogP contribution in [0.1, 0.15) is 5.56 Å². The second-order valence-corrected chi connectivity index (χ2v) is 6.13.